The van der Waals surface area contributed by atoms with Crippen LogP contribution in [0.2, 0.25) is 0 Å². The Balaban J connectivity index is 2.60. The predicted octanol–water partition coefficient (Wildman–Crippen LogP) is 4.40. The van der Waals surface area contributed by atoms with E-state index >= 15 is 0 Å². The van der Waals surface area contributed by atoms with Gasteiger partial charge in [0.25, 0.3) is 0 Å². The maximum Gasteiger partial charge on any atom is 0.179 e. The Kier molecular flexibility index (Phi) is 3.85. The van der Waals surface area contributed by atoms with Crippen molar-refractivity contribution in [1.29, 1.82) is 0 Å². The molecule has 2 aromatic heterocycles. The largest absolute Gasteiger partial charge is 0.329 e. The average Bonchev–Trinajstić information content (AvgIpc) is 2.68. The standard InChI is InChI=1S/C14H21N3S/c1-5-11(6-2)10(4)17-13-12(16-14(17)18)9(3)7-8-15-13/h7-8,10-11H,5-6H2,1-4H3,(H,16,18). The highest BCUT2D eigenvalue weighted by Crippen LogP contribution is 2.28. The Hall–Kier alpha value is -1.16. The van der Waals surface area contributed by atoms with E-state index in [9.17, 15) is 0 Å². The SMILES string of the molecule is CCC(CC)C(C)n1c(=S)[nH]c2c(C)ccnc21. The first-order valence-corrected chi connectivity index (χ1v) is 7.06. The van der Waals surface area contributed by atoms with E-state index in [1.807, 2.05) is 12.3 Å². The molecule has 0 aliphatic carbocycles. The van der Waals surface area contributed by atoms with Crippen LogP contribution in [0.15, 0.2) is 12.3 Å². The van der Waals surface area contributed by atoms with Crippen LogP contribution in [0.5, 0.6) is 0 Å². The molecule has 18 heavy (non-hydrogen) atoms. The van der Waals surface area contributed by atoms with Gasteiger partial charge in [-0.2, -0.15) is 0 Å². The zero-order chi connectivity index (χ0) is 13.3. The van der Waals surface area contributed by atoms with Gasteiger partial charge in [0.2, 0.25) is 0 Å². The number of aromatic nitrogens is 3. The fourth-order valence-corrected chi connectivity index (χ4v) is 3.06. The number of aromatic amines is 1. The van der Waals surface area contributed by atoms with Gasteiger partial charge in [0.05, 0.1) is 5.52 Å². The highest BCUT2D eigenvalue weighted by Gasteiger charge is 2.19. The second kappa shape index (κ2) is 5.22. The molecule has 4 heteroatoms. The molecule has 0 saturated heterocycles. The van der Waals surface area contributed by atoms with Crippen molar-refractivity contribution in [3.63, 3.8) is 0 Å². The second-order valence-corrected chi connectivity index (χ2v) is 5.33. The van der Waals surface area contributed by atoms with Crippen LogP contribution in [-0.2, 0) is 0 Å². The average molecular weight is 263 g/mol. The fraction of sp³-hybridized carbons (Fsp3) is 0.571. The van der Waals surface area contributed by atoms with Gasteiger partial charge in [-0.25, -0.2) is 4.98 Å². The molecule has 98 valence electrons. The maximum absolute atomic E-state index is 5.47. The quantitative estimate of drug-likeness (QED) is 0.829. The van der Waals surface area contributed by atoms with Gasteiger partial charge in [-0.05, 0) is 43.6 Å². The predicted molar refractivity (Wildman–Crippen MR) is 78.4 cm³/mol. The van der Waals surface area contributed by atoms with Crippen molar-refractivity contribution in [1.82, 2.24) is 14.5 Å². The van der Waals surface area contributed by atoms with E-state index in [4.69, 9.17) is 12.2 Å². The number of nitrogens with one attached hydrogen (secondary N) is 1. The molecular formula is C14H21N3S. The molecule has 0 fully saturated rings. The van der Waals surface area contributed by atoms with Gasteiger partial charge in [-0.3, -0.25) is 4.57 Å². The number of rotatable bonds is 4. The second-order valence-electron chi connectivity index (χ2n) is 4.94. The van der Waals surface area contributed by atoms with Crippen LogP contribution in [0.1, 0.15) is 45.2 Å². The summed E-state index contributed by atoms with van der Waals surface area (Å²) in [5.74, 6) is 0.637. The molecule has 3 nitrogen and oxygen atoms in total. The van der Waals surface area contributed by atoms with Crippen molar-refractivity contribution in [3.05, 3.63) is 22.6 Å². The van der Waals surface area contributed by atoms with Crippen LogP contribution in [0.4, 0.5) is 0 Å². The lowest BCUT2D eigenvalue weighted by atomic mass is 9.95. The molecule has 1 atom stereocenters. The molecule has 2 heterocycles. The minimum atomic E-state index is 0.385. The zero-order valence-electron chi connectivity index (χ0n) is 11.5. The molecule has 0 amide bonds. The Morgan fingerprint density at radius 3 is 2.67 bits per heavy atom. The van der Waals surface area contributed by atoms with Crippen molar-refractivity contribution < 1.29 is 0 Å². The number of aryl methyl sites for hydroxylation is 1. The van der Waals surface area contributed by atoms with E-state index in [1.54, 1.807) is 0 Å². The Morgan fingerprint density at radius 1 is 1.39 bits per heavy atom. The first-order valence-electron chi connectivity index (χ1n) is 6.65. The number of pyridine rings is 1. The summed E-state index contributed by atoms with van der Waals surface area (Å²) in [7, 11) is 0. The minimum absolute atomic E-state index is 0.385. The van der Waals surface area contributed by atoms with Crippen molar-refractivity contribution in [2.45, 2.75) is 46.6 Å². The normalized spacial score (nSPS) is 13.4. The summed E-state index contributed by atoms with van der Waals surface area (Å²) in [6.07, 6.45) is 4.19. The lowest BCUT2D eigenvalue weighted by Crippen LogP contribution is -2.16. The van der Waals surface area contributed by atoms with Crippen LogP contribution in [0.3, 0.4) is 0 Å². The molecule has 2 aromatic rings. The molecule has 1 N–H and O–H groups in total. The lowest BCUT2D eigenvalue weighted by Gasteiger charge is -2.22. The molecule has 0 saturated carbocycles. The molecular weight excluding hydrogens is 242 g/mol. The highest BCUT2D eigenvalue weighted by atomic mass is 32.1. The Morgan fingerprint density at radius 2 is 2.06 bits per heavy atom. The number of nitrogens with zero attached hydrogens (tertiary/aromatic N) is 2. The molecule has 1 unspecified atom stereocenters. The van der Waals surface area contributed by atoms with Gasteiger partial charge in [-0.1, -0.05) is 26.7 Å². The summed E-state index contributed by atoms with van der Waals surface area (Å²) in [6.45, 7) is 8.80. The summed E-state index contributed by atoms with van der Waals surface area (Å²) in [5.41, 5.74) is 3.25. The van der Waals surface area contributed by atoms with Gasteiger partial charge < -0.3 is 4.98 Å². The summed E-state index contributed by atoms with van der Waals surface area (Å²) in [4.78, 5) is 7.79. The van der Waals surface area contributed by atoms with E-state index < -0.39 is 0 Å². The molecule has 0 spiro atoms. The van der Waals surface area contributed by atoms with Crippen molar-refractivity contribution in [3.8, 4) is 0 Å². The monoisotopic (exact) mass is 263 g/mol. The van der Waals surface area contributed by atoms with Gasteiger partial charge in [0.1, 0.15) is 0 Å². The Labute approximate surface area is 113 Å². The maximum atomic E-state index is 5.47. The fourth-order valence-electron chi connectivity index (χ4n) is 2.70. The van der Waals surface area contributed by atoms with Crippen molar-refractivity contribution in [2.75, 3.05) is 0 Å². The van der Waals surface area contributed by atoms with Gasteiger partial charge in [0.15, 0.2) is 10.4 Å². The number of H-pyrrole nitrogens is 1. The smallest absolute Gasteiger partial charge is 0.179 e. The van der Waals surface area contributed by atoms with Crippen molar-refractivity contribution in [2.24, 2.45) is 5.92 Å². The molecule has 0 aliphatic rings. The lowest BCUT2D eigenvalue weighted by molar-refractivity contribution is 0.336. The molecule has 0 aliphatic heterocycles. The molecule has 2 rings (SSSR count). The summed E-state index contributed by atoms with van der Waals surface area (Å²) < 4.78 is 2.96. The van der Waals surface area contributed by atoms with E-state index in [-0.39, 0.29) is 0 Å². The Bertz CT molecular complexity index is 593. The van der Waals surface area contributed by atoms with Crippen LogP contribution in [0, 0.1) is 17.6 Å². The van der Waals surface area contributed by atoms with Gasteiger partial charge >= 0.3 is 0 Å². The van der Waals surface area contributed by atoms with E-state index in [2.05, 4.69) is 42.2 Å². The van der Waals surface area contributed by atoms with Crippen molar-refractivity contribution >= 4 is 23.4 Å². The third-order valence-electron chi connectivity index (χ3n) is 3.96. The minimum Gasteiger partial charge on any atom is -0.329 e. The zero-order valence-corrected chi connectivity index (χ0v) is 12.3. The molecule has 0 aromatic carbocycles. The first-order chi connectivity index (χ1) is 8.60. The summed E-state index contributed by atoms with van der Waals surface area (Å²) in [6, 6.07) is 2.40. The van der Waals surface area contributed by atoms with E-state index in [0.29, 0.717) is 12.0 Å². The third-order valence-corrected chi connectivity index (χ3v) is 4.26. The first kappa shape index (κ1) is 13.3. The van der Waals surface area contributed by atoms with Crippen LogP contribution < -0.4 is 0 Å². The number of imidazole rings is 1. The van der Waals surface area contributed by atoms with Crippen LogP contribution in [-0.4, -0.2) is 14.5 Å². The number of hydrogen-bond donors (Lipinski definition) is 1. The molecule has 0 bridgehead atoms. The third kappa shape index (κ3) is 2.09. The number of fused-ring (bicyclic) bond motifs is 1. The van der Waals surface area contributed by atoms with Crippen LogP contribution >= 0.6 is 12.2 Å². The number of hydrogen-bond acceptors (Lipinski definition) is 2. The topological polar surface area (TPSA) is 33.6 Å². The van der Waals surface area contributed by atoms with Gasteiger partial charge in [0, 0.05) is 12.2 Å². The van der Waals surface area contributed by atoms with Crippen LogP contribution in [0.25, 0.3) is 11.2 Å². The summed E-state index contributed by atoms with van der Waals surface area (Å²) >= 11 is 5.47. The van der Waals surface area contributed by atoms with E-state index in [0.717, 1.165) is 28.8 Å². The molecule has 0 radical (unpaired) electrons. The van der Waals surface area contributed by atoms with Gasteiger partial charge in [-0.15, -0.1) is 0 Å². The van der Waals surface area contributed by atoms with E-state index in [1.165, 1.54) is 5.56 Å². The summed E-state index contributed by atoms with van der Waals surface area (Å²) in [5, 5.41) is 0. The highest BCUT2D eigenvalue weighted by molar-refractivity contribution is 7.71.